The van der Waals surface area contributed by atoms with Crippen molar-refractivity contribution in [1.82, 2.24) is 14.5 Å². The molecule has 29 heavy (non-hydrogen) atoms. The predicted octanol–water partition coefficient (Wildman–Crippen LogP) is 1.45. The SMILES string of the molecule is CC1CN(CCNC(=O)C2CCN(S(=O)(=O)c3ccc(F)cc3)CC2)CC(C)O1. The smallest absolute Gasteiger partial charge is 0.243 e. The van der Waals surface area contributed by atoms with Crippen molar-refractivity contribution in [2.45, 2.75) is 43.8 Å². The van der Waals surface area contributed by atoms with E-state index in [2.05, 4.69) is 24.1 Å². The van der Waals surface area contributed by atoms with Gasteiger partial charge < -0.3 is 10.1 Å². The van der Waals surface area contributed by atoms with Crippen molar-refractivity contribution in [3.05, 3.63) is 30.1 Å². The average molecular weight is 428 g/mol. The number of carbonyl (C=O) groups is 1. The molecule has 1 N–H and O–H groups in total. The van der Waals surface area contributed by atoms with Crippen LogP contribution in [0, 0.1) is 11.7 Å². The summed E-state index contributed by atoms with van der Waals surface area (Å²) in [5, 5.41) is 2.99. The van der Waals surface area contributed by atoms with Crippen LogP contribution in [0.4, 0.5) is 4.39 Å². The van der Waals surface area contributed by atoms with Crippen LogP contribution < -0.4 is 5.32 Å². The van der Waals surface area contributed by atoms with E-state index in [4.69, 9.17) is 4.74 Å². The van der Waals surface area contributed by atoms with Gasteiger partial charge in [-0.2, -0.15) is 4.31 Å². The van der Waals surface area contributed by atoms with Gasteiger partial charge in [-0.05, 0) is 51.0 Å². The van der Waals surface area contributed by atoms with Gasteiger partial charge in [0.05, 0.1) is 17.1 Å². The fourth-order valence-electron chi connectivity index (χ4n) is 4.06. The van der Waals surface area contributed by atoms with Gasteiger partial charge in [0.25, 0.3) is 0 Å². The molecular formula is C20H30FN3O4S. The van der Waals surface area contributed by atoms with Crippen LogP contribution in [0.1, 0.15) is 26.7 Å². The highest BCUT2D eigenvalue weighted by atomic mass is 32.2. The number of rotatable bonds is 6. The average Bonchev–Trinajstić information content (AvgIpc) is 2.67. The highest BCUT2D eigenvalue weighted by Crippen LogP contribution is 2.24. The Labute approximate surface area is 172 Å². The van der Waals surface area contributed by atoms with Crippen LogP contribution in [0.3, 0.4) is 0 Å². The topological polar surface area (TPSA) is 79.0 Å². The van der Waals surface area contributed by atoms with E-state index < -0.39 is 15.8 Å². The van der Waals surface area contributed by atoms with Crippen molar-refractivity contribution < 1.29 is 22.3 Å². The molecule has 0 aromatic heterocycles. The number of piperidine rings is 1. The van der Waals surface area contributed by atoms with Gasteiger partial charge in [0.2, 0.25) is 15.9 Å². The molecule has 9 heteroatoms. The number of sulfonamides is 1. The molecule has 0 radical (unpaired) electrons. The Morgan fingerprint density at radius 2 is 1.72 bits per heavy atom. The second-order valence-electron chi connectivity index (χ2n) is 7.94. The third kappa shape index (κ3) is 5.75. The number of hydrogen-bond acceptors (Lipinski definition) is 5. The van der Waals surface area contributed by atoms with Crippen LogP contribution in [0.2, 0.25) is 0 Å². The van der Waals surface area contributed by atoms with Crippen molar-refractivity contribution in [2.75, 3.05) is 39.3 Å². The first-order chi connectivity index (χ1) is 13.8. The van der Waals surface area contributed by atoms with Crippen molar-refractivity contribution >= 4 is 15.9 Å². The maximum Gasteiger partial charge on any atom is 0.243 e. The van der Waals surface area contributed by atoms with Crippen LogP contribution in [-0.2, 0) is 19.6 Å². The molecule has 0 bridgehead atoms. The van der Waals surface area contributed by atoms with E-state index in [9.17, 15) is 17.6 Å². The van der Waals surface area contributed by atoms with Gasteiger partial charge >= 0.3 is 0 Å². The van der Waals surface area contributed by atoms with Gasteiger partial charge in [-0.25, -0.2) is 12.8 Å². The van der Waals surface area contributed by atoms with Gasteiger partial charge in [0.1, 0.15) is 5.82 Å². The van der Waals surface area contributed by atoms with Gasteiger partial charge in [-0.3, -0.25) is 9.69 Å². The molecule has 2 unspecified atom stereocenters. The second kappa shape index (κ2) is 9.51. The van der Waals surface area contributed by atoms with E-state index in [-0.39, 0.29) is 42.0 Å². The zero-order valence-electron chi connectivity index (χ0n) is 17.0. The molecule has 3 rings (SSSR count). The minimum atomic E-state index is -3.65. The Balaban J connectivity index is 1.44. The Kier molecular flexibility index (Phi) is 7.26. The number of ether oxygens (including phenoxy) is 1. The normalized spacial score (nSPS) is 25.1. The highest BCUT2D eigenvalue weighted by molar-refractivity contribution is 7.89. The van der Waals surface area contributed by atoms with E-state index >= 15 is 0 Å². The molecule has 2 atom stereocenters. The predicted molar refractivity (Wildman–Crippen MR) is 107 cm³/mol. The number of benzene rings is 1. The van der Waals surface area contributed by atoms with Gasteiger partial charge in [0.15, 0.2) is 0 Å². The standard InChI is InChI=1S/C20H30FN3O4S/c1-15-13-23(14-16(2)28-15)12-9-22-20(25)17-7-10-24(11-8-17)29(26,27)19-5-3-18(21)4-6-19/h3-6,15-17H,7-14H2,1-2H3,(H,22,25). The molecule has 162 valence electrons. The Morgan fingerprint density at radius 3 is 2.31 bits per heavy atom. The molecule has 2 heterocycles. The monoisotopic (exact) mass is 427 g/mol. The largest absolute Gasteiger partial charge is 0.373 e. The number of hydrogen-bond donors (Lipinski definition) is 1. The lowest BCUT2D eigenvalue weighted by molar-refractivity contribution is -0.126. The van der Waals surface area contributed by atoms with Gasteiger partial charge in [0, 0.05) is 45.2 Å². The summed E-state index contributed by atoms with van der Waals surface area (Å²) in [5.74, 6) is -0.671. The van der Waals surface area contributed by atoms with Crippen molar-refractivity contribution in [2.24, 2.45) is 5.92 Å². The number of carbonyl (C=O) groups excluding carboxylic acids is 1. The first-order valence-electron chi connectivity index (χ1n) is 10.2. The van der Waals surface area contributed by atoms with Crippen molar-refractivity contribution in [3.8, 4) is 0 Å². The summed E-state index contributed by atoms with van der Waals surface area (Å²) in [7, 11) is -3.65. The number of amides is 1. The summed E-state index contributed by atoms with van der Waals surface area (Å²) in [6.45, 7) is 7.75. The molecular weight excluding hydrogens is 397 g/mol. The molecule has 1 aromatic rings. The Hall–Kier alpha value is -1.55. The van der Waals surface area contributed by atoms with Crippen molar-refractivity contribution in [3.63, 3.8) is 0 Å². The molecule has 2 fully saturated rings. The zero-order valence-corrected chi connectivity index (χ0v) is 17.8. The highest BCUT2D eigenvalue weighted by Gasteiger charge is 2.32. The first kappa shape index (κ1) is 22.1. The van der Waals surface area contributed by atoms with E-state index in [1.807, 2.05) is 0 Å². The summed E-state index contributed by atoms with van der Waals surface area (Å²) in [6, 6.07) is 4.83. The number of morpholine rings is 1. The number of halogens is 1. The quantitative estimate of drug-likeness (QED) is 0.744. The number of nitrogens with one attached hydrogen (secondary N) is 1. The molecule has 2 aliphatic rings. The third-order valence-electron chi connectivity index (χ3n) is 5.50. The molecule has 0 spiro atoms. The van der Waals surface area contributed by atoms with E-state index in [0.717, 1.165) is 31.8 Å². The van der Waals surface area contributed by atoms with Crippen LogP contribution in [0.25, 0.3) is 0 Å². The fourth-order valence-corrected chi connectivity index (χ4v) is 5.53. The van der Waals surface area contributed by atoms with E-state index in [0.29, 0.717) is 19.4 Å². The zero-order chi connectivity index (χ0) is 21.0. The molecule has 0 saturated carbocycles. The minimum absolute atomic E-state index is 0.0156. The van der Waals surface area contributed by atoms with Gasteiger partial charge in [-0.15, -0.1) is 0 Å². The maximum absolute atomic E-state index is 13.1. The fraction of sp³-hybridized carbons (Fsp3) is 0.650. The molecule has 1 aromatic carbocycles. The van der Waals surface area contributed by atoms with E-state index in [1.54, 1.807) is 0 Å². The van der Waals surface area contributed by atoms with Crippen LogP contribution >= 0.6 is 0 Å². The molecule has 2 saturated heterocycles. The second-order valence-corrected chi connectivity index (χ2v) is 9.88. The van der Waals surface area contributed by atoms with E-state index in [1.165, 1.54) is 16.4 Å². The lowest BCUT2D eigenvalue weighted by Gasteiger charge is -2.35. The summed E-state index contributed by atoms with van der Waals surface area (Å²) >= 11 is 0. The van der Waals surface area contributed by atoms with Crippen LogP contribution in [0.5, 0.6) is 0 Å². The van der Waals surface area contributed by atoms with Gasteiger partial charge in [-0.1, -0.05) is 0 Å². The molecule has 2 aliphatic heterocycles. The van der Waals surface area contributed by atoms with Crippen LogP contribution in [-0.4, -0.2) is 75.0 Å². The third-order valence-corrected chi connectivity index (χ3v) is 7.41. The molecule has 0 aliphatic carbocycles. The maximum atomic E-state index is 13.1. The Bertz CT molecular complexity index is 784. The summed E-state index contributed by atoms with van der Waals surface area (Å²) in [4.78, 5) is 14.8. The van der Waals surface area contributed by atoms with Crippen LogP contribution in [0.15, 0.2) is 29.2 Å². The first-order valence-corrected chi connectivity index (χ1v) is 11.6. The summed E-state index contributed by atoms with van der Waals surface area (Å²) in [5.41, 5.74) is 0. The molecule has 7 nitrogen and oxygen atoms in total. The summed E-state index contributed by atoms with van der Waals surface area (Å²) in [6.07, 6.45) is 1.36. The molecule has 1 amide bonds. The number of nitrogens with zero attached hydrogens (tertiary/aromatic N) is 2. The minimum Gasteiger partial charge on any atom is -0.373 e. The Morgan fingerprint density at radius 1 is 1.14 bits per heavy atom. The lowest BCUT2D eigenvalue weighted by atomic mass is 9.97. The summed E-state index contributed by atoms with van der Waals surface area (Å²) < 4.78 is 45.5. The van der Waals surface area contributed by atoms with Crippen molar-refractivity contribution in [1.29, 1.82) is 0 Å². The lowest BCUT2D eigenvalue weighted by Crippen LogP contribution is -2.48.